The van der Waals surface area contributed by atoms with Crippen LogP contribution in [0.3, 0.4) is 0 Å². The lowest BCUT2D eigenvalue weighted by Gasteiger charge is -2.15. The molecule has 0 aliphatic heterocycles. The van der Waals surface area contributed by atoms with Gasteiger partial charge in [0.25, 0.3) is 0 Å². The summed E-state index contributed by atoms with van der Waals surface area (Å²) in [6.45, 7) is 1.98. The van der Waals surface area contributed by atoms with Crippen LogP contribution in [0.25, 0.3) is 0 Å². The normalized spacial score (nSPS) is 12.5. The summed E-state index contributed by atoms with van der Waals surface area (Å²) < 4.78 is 27.0. The summed E-state index contributed by atoms with van der Waals surface area (Å²) in [4.78, 5) is 0. The Morgan fingerprint density at radius 2 is 1.84 bits per heavy atom. The smallest absolute Gasteiger partial charge is 0.159 e. The van der Waals surface area contributed by atoms with E-state index in [1.807, 2.05) is 25.1 Å². The first-order valence-electron chi connectivity index (χ1n) is 5.93. The van der Waals surface area contributed by atoms with Crippen LogP contribution in [0, 0.1) is 18.6 Å². The van der Waals surface area contributed by atoms with Gasteiger partial charge in [0.05, 0.1) is 0 Å². The summed E-state index contributed by atoms with van der Waals surface area (Å²) in [7, 11) is 0. The summed E-state index contributed by atoms with van der Waals surface area (Å²) in [5.41, 5.74) is 8.90. The summed E-state index contributed by atoms with van der Waals surface area (Å²) in [6, 6.07) is 9.51. The van der Waals surface area contributed by atoms with Crippen molar-refractivity contribution in [2.75, 3.05) is 0 Å². The van der Waals surface area contributed by atoms with Gasteiger partial charge in [-0.2, -0.15) is 0 Å². The maximum Gasteiger partial charge on any atom is 0.159 e. The fraction of sp³-hybridized carbons (Fsp3) is 0.200. The van der Waals surface area contributed by atoms with Crippen molar-refractivity contribution in [3.8, 4) is 0 Å². The van der Waals surface area contributed by atoms with E-state index >= 15 is 0 Å². The van der Waals surface area contributed by atoms with Crippen LogP contribution >= 0.6 is 15.9 Å². The fourth-order valence-corrected chi connectivity index (χ4v) is 2.56. The number of halogens is 3. The number of hydrogen-bond donors (Lipinski definition) is 1. The van der Waals surface area contributed by atoms with E-state index in [9.17, 15) is 8.78 Å². The molecular weight excluding hydrogens is 312 g/mol. The highest BCUT2D eigenvalue weighted by Crippen LogP contribution is 2.23. The molecule has 1 unspecified atom stereocenters. The molecule has 0 bridgehead atoms. The van der Waals surface area contributed by atoms with Crippen molar-refractivity contribution in [2.24, 2.45) is 5.73 Å². The lowest BCUT2D eigenvalue weighted by atomic mass is 9.96. The molecule has 1 atom stereocenters. The lowest BCUT2D eigenvalue weighted by molar-refractivity contribution is 0.506. The summed E-state index contributed by atoms with van der Waals surface area (Å²) in [6.07, 6.45) is 0.472. The van der Waals surface area contributed by atoms with Crippen molar-refractivity contribution < 1.29 is 8.78 Å². The first-order chi connectivity index (χ1) is 8.97. The van der Waals surface area contributed by atoms with Crippen LogP contribution in [0.5, 0.6) is 0 Å². The molecule has 0 aliphatic rings. The zero-order valence-electron chi connectivity index (χ0n) is 10.5. The minimum atomic E-state index is -0.836. The summed E-state index contributed by atoms with van der Waals surface area (Å²) in [5, 5.41) is 0. The van der Waals surface area contributed by atoms with Crippen LogP contribution in [0.1, 0.15) is 22.7 Å². The predicted octanol–water partition coefficient (Wildman–Crippen LogP) is 4.28. The highest BCUT2D eigenvalue weighted by Gasteiger charge is 2.11. The van der Waals surface area contributed by atoms with Gasteiger partial charge in [-0.25, -0.2) is 8.78 Å². The van der Waals surface area contributed by atoms with E-state index < -0.39 is 11.6 Å². The van der Waals surface area contributed by atoms with Gasteiger partial charge in [-0.1, -0.05) is 28.1 Å². The monoisotopic (exact) mass is 325 g/mol. The number of aryl methyl sites for hydroxylation is 1. The Labute approximate surface area is 119 Å². The Kier molecular flexibility index (Phi) is 4.32. The molecule has 2 aromatic carbocycles. The lowest BCUT2D eigenvalue weighted by Crippen LogP contribution is -2.14. The Bertz CT molecular complexity index is 599. The molecule has 2 aromatic rings. The van der Waals surface area contributed by atoms with Gasteiger partial charge >= 0.3 is 0 Å². The van der Waals surface area contributed by atoms with Crippen LogP contribution in [0.4, 0.5) is 8.78 Å². The van der Waals surface area contributed by atoms with Gasteiger partial charge in [-0.15, -0.1) is 0 Å². The molecule has 100 valence electrons. The van der Waals surface area contributed by atoms with Crippen LogP contribution in [-0.2, 0) is 6.42 Å². The number of hydrogen-bond acceptors (Lipinski definition) is 1. The van der Waals surface area contributed by atoms with E-state index in [0.29, 0.717) is 12.0 Å². The largest absolute Gasteiger partial charge is 0.324 e. The minimum Gasteiger partial charge on any atom is -0.324 e. The molecule has 0 aromatic heterocycles. The zero-order valence-corrected chi connectivity index (χ0v) is 12.0. The van der Waals surface area contributed by atoms with E-state index in [0.717, 1.165) is 21.7 Å². The van der Waals surface area contributed by atoms with Crippen molar-refractivity contribution >= 4 is 15.9 Å². The summed E-state index contributed by atoms with van der Waals surface area (Å²) in [5.74, 6) is -1.67. The third-order valence-corrected chi connectivity index (χ3v) is 3.56. The molecule has 4 heteroatoms. The first kappa shape index (κ1) is 14.2. The summed E-state index contributed by atoms with van der Waals surface area (Å²) >= 11 is 3.40. The molecule has 2 rings (SSSR count). The van der Waals surface area contributed by atoms with E-state index in [1.54, 1.807) is 6.07 Å². The minimum absolute atomic E-state index is 0.238. The second-order valence-corrected chi connectivity index (χ2v) is 5.48. The predicted molar refractivity (Wildman–Crippen MR) is 75.9 cm³/mol. The van der Waals surface area contributed by atoms with Crippen molar-refractivity contribution in [3.05, 3.63) is 69.2 Å². The molecule has 0 saturated heterocycles. The van der Waals surface area contributed by atoms with Crippen LogP contribution in [0.15, 0.2) is 40.9 Å². The number of nitrogens with two attached hydrogens (primary N) is 1. The second-order valence-electron chi connectivity index (χ2n) is 4.56. The molecule has 0 amide bonds. The van der Waals surface area contributed by atoms with Gasteiger partial charge in [0.2, 0.25) is 0 Å². The van der Waals surface area contributed by atoms with Crippen molar-refractivity contribution in [2.45, 2.75) is 19.4 Å². The van der Waals surface area contributed by atoms with Crippen LogP contribution in [-0.4, -0.2) is 0 Å². The van der Waals surface area contributed by atoms with Gasteiger partial charge in [0.1, 0.15) is 0 Å². The quantitative estimate of drug-likeness (QED) is 0.895. The topological polar surface area (TPSA) is 26.0 Å². The van der Waals surface area contributed by atoms with E-state index in [4.69, 9.17) is 5.73 Å². The maximum atomic E-state index is 13.1. The highest BCUT2D eigenvalue weighted by molar-refractivity contribution is 9.10. The number of rotatable bonds is 3. The zero-order chi connectivity index (χ0) is 14.0. The molecule has 2 N–H and O–H groups in total. The van der Waals surface area contributed by atoms with E-state index in [1.165, 1.54) is 6.07 Å². The molecule has 19 heavy (non-hydrogen) atoms. The van der Waals surface area contributed by atoms with Crippen molar-refractivity contribution in [1.29, 1.82) is 0 Å². The molecule has 0 aliphatic carbocycles. The van der Waals surface area contributed by atoms with Crippen LogP contribution in [0.2, 0.25) is 0 Å². The average Bonchev–Trinajstić information content (AvgIpc) is 2.33. The number of benzene rings is 2. The Morgan fingerprint density at radius 1 is 1.11 bits per heavy atom. The first-order valence-corrected chi connectivity index (χ1v) is 6.72. The molecular formula is C15H14BrF2N. The van der Waals surface area contributed by atoms with Gasteiger partial charge in [0.15, 0.2) is 11.6 Å². The SMILES string of the molecule is Cc1cc(Br)ccc1C(N)Cc1ccc(F)c(F)c1. The van der Waals surface area contributed by atoms with E-state index in [2.05, 4.69) is 15.9 Å². The highest BCUT2D eigenvalue weighted by atomic mass is 79.9. The Morgan fingerprint density at radius 3 is 2.47 bits per heavy atom. The molecule has 0 heterocycles. The third-order valence-electron chi connectivity index (χ3n) is 3.07. The molecule has 0 spiro atoms. The van der Waals surface area contributed by atoms with E-state index in [-0.39, 0.29) is 6.04 Å². The van der Waals surface area contributed by atoms with Gasteiger partial charge in [0, 0.05) is 10.5 Å². The Balaban J connectivity index is 2.20. The van der Waals surface area contributed by atoms with Crippen molar-refractivity contribution in [1.82, 2.24) is 0 Å². The standard InChI is InChI=1S/C15H14BrF2N/c1-9-6-11(16)3-4-12(9)15(19)8-10-2-5-13(17)14(18)7-10/h2-7,15H,8,19H2,1H3. The maximum absolute atomic E-state index is 13.1. The Hall–Kier alpha value is -1.26. The average molecular weight is 326 g/mol. The van der Waals surface area contributed by atoms with Gasteiger partial charge in [-0.05, 0) is 54.3 Å². The second kappa shape index (κ2) is 5.80. The molecule has 1 nitrogen and oxygen atoms in total. The molecule has 0 fully saturated rings. The van der Waals surface area contributed by atoms with Crippen molar-refractivity contribution in [3.63, 3.8) is 0 Å². The molecule has 0 radical (unpaired) electrons. The van der Waals surface area contributed by atoms with Gasteiger partial charge < -0.3 is 5.73 Å². The third kappa shape index (κ3) is 3.39. The molecule has 0 saturated carbocycles. The van der Waals surface area contributed by atoms with Gasteiger partial charge in [-0.3, -0.25) is 0 Å². The van der Waals surface area contributed by atoms with Crippen LogP contribution < -0.4 is 5.73 Å². The fourth-order valence-electron chi connectivity index (χ4n) is 2.09.